The van der Waals surface area contributed by atoms with Crippen LogP contribution in [-0.2, 0) is 11.3 Å². The Labute approximate surface area is 104 Å². The number of rotatable bonds is 5. The minimum atomic E-state index is 0.270. The van der Waals surface area contributed by atoms with Crippen molar-refractivity contribution in [2.75, 3.05) is 6.54 Å². The van der Waals surface area contributed by atoms with Crippen LogP contribution in [0.5, 0.6) is 0 Å². The highest BCUT2D eigenvalue weighted by Gasteiger charge is 2.18. The lowest BCUT2D eigenvalue weighted by molar-refractivity contribution is 0.0220. The van der Waals surface area contributed by atoms with Gasteiger partial charge in [-0.2, -0.15) is 0 Å². The summed E-state index contributed by atoms with van der Waals surface area (Å²) < 4.78 is 6.00. The van der Waals surface area contributed by atoms with Gasteiger partial charge in [-0.25, -0.2) is 0 Å². The number of hydrogen-bond acceptors (Lipinski definition) is 2. The van der Waals surface area contributed by atoms with Crippen molar-refractivity contribution < 1.29 is 4.74 Å². The Hall–Kier alpha value is -1.12. The fraction of sp³-hybridized carbons (Fsp3) is 0.467. The summed E-state index contributed by atoms with van der Waals surface area (Å²) in [6, 6.07) is 10.7. The van der Waals surface area contributed by atoms with Gasteiger partial charge >= 0.3 is 0 Å². The molecule has 92 valence electrons. The highest BCUT2D eigenvalue weighted by molar-refractivity contribution is 5.13. The molecule has 0 amide bonds. The first-order valence-corrected chi connectivity index (χ1v) is 6.45. The van der Waals surface area contributed by atoms with Crippen molar-refractivity contribution in [2.45, 2.75) is 38.5 Å². The van der Waals surface area contributed by atoms with E-state index in [4.69, 9.17) is 4.74 Å². The fourth-order valence-electron chi connectivity index (χ4n) is 2.15. The van der Waals surface area contributed by atoms with Crippen molar-refractivity contribution in [1.82, 2.24) is 5.32 Å². The molecule has 0 spiro atoms. The van der Waals surface area contributed by atoms with Gasteiger partial charge in [-0.05, 0) is 24.9 Å². The third-order valence-corrected chi connectivity index (χ3v) is 3.14. The summed E-state index contributed by atoms with van der Waals surface area (Å²) in [6.45, 7) is 3.94. The van der Waals surface area contributed by atoms with Crippen LogP contribution >= 0.6 is 0 Å². The van der Waals surface area contributed by atoms with E-state index in [1.807, 2.05) is 6.07 Å². The van der Waals surface area contributed by atoms with Gasteiger partial charge in [0.15, 0.2) is 0 Å². The van der Waals surface area contributed by atoms with Crippen LogP contribution in [0.3, 0.4) is 0 Å². The van der Waals surface area contributed by atoms with Gasteiger partial charge in [0.25, 0.3) is 0 Å². The molecule has 2 nitrogen and oxygen atoms in total. The molecule has 2 rings (SSSR count). The first kappa shape index (κ1) is 12.3. The Morgan fingerprint density at radius 1 is 1.35 bits per heavy atom. The maximum atomic E-state index is 6.00. The van der Waals surface area contributed by atoms with Crippen LogP contribution < -0.4 is 5.32 Å². The van der Waals surface area contributed by atoms with E-state index in [2.05, 4.69) is 48.7 Å². The molecule has 0 aliphatic carbocycles. The number of ether oxygens (including phenoxy) is 1. The zero-order valence-electron chi connectivity index (χ0n) is 10.4. The molecule has 0 saturated carbocycles. The zero-order chi connectivity index (χ0) is 11.9. The fourth-order valence-corrected chi connectivity index (χ4v) is 2.15. The highest BCUT2D eigenvalue weighted by atomic mass is 16.5. The van der Waals surface area contributed by atoms with Crippen molar-refractivity contribution >= 4 is 0 Å². The zero-order valence-corrected chi connectivity index (χ0v) is 10.4. The van der Waals surface area contributed by atoms with Gasteiger partial charge in [0.1, 0.15) is 0 Å². The van der Waals surface area contributed by atoms with E-state index in [1.165, 1.54) is 5.56 Å². The summed E-state index contributed by atoms with van der Waals surface area (Å²) in [4.78, 5) is 0. The molecule has 2 heteroatoms. The minimum absolute atomic E-state index is 0.270. The summed E-state index contributed by atoms with van der Waals surface area (Å²) in [5.41, 5.74) is 1.24. The van der Waals surface area contributed by atoms with Crippen LogP contribution in [0, 0.1) is 0 Å². The number of benzene rings is 1. The van der Waals surface area contributed by atoms with Gasteiger partial charge in [0.2, 0.25) is 0 Å². The standard InChI is InChI=1S/C15H21NO/c1-2-15(14-10-6-7-11-16-14)17-12-13-8-4-3-5-9-13/h3-6,8-10,14-16H,2,7,11-12H2,1H3/t14-,15+/m0/s1. The summed E-state index contributed by atoms with van der Waals surface area (Å²) in [6.07, 6.45) is 6.92. The van der Waals surface area contributed by atoms with Crippen molar-refractivity contribution in [1.29, 1.82) is 0 Å². The number of nitrogens with one attached hydrogen (secondary N) is 1. The van der Waals surface area contributed by atoms with Crippen LogP contribution in [0.2, 0.25) is 0 Å². The van der Waals surface area contributed by atoms with Crippen molar-refractivity contribution in [3.63, 3.8) is 0 Å². The van der Waals surface area contributed by atoms with Crippen molar-refractivity contribution in [3.8, 4) is 0 Å². The molecule has 1 aromatic rings. The van der Waals surface area contributed by atoms with Crippen LogP contribution in [0.4, 0.5) is 0 Å². The minimum Gasteiger partial charge on any atom is -0.372 e. The summed E-state index contributed by atoms with van der Waals surface area (Å²) in [5.74, 6) is 0. The highest BCUT2D eigenvalue weighted by Crippen LogP contribution is 2.12. The molecule has 0 unspecified atom stereocenters. The Balaban J connectivity index is 1.87. The maximum Gasteiger partial charge on any atom is 0.0765 e. The van der Waals surface area contributed by atoms with E-state index in [1.54, 1.807) is 0 Å². The smallest absolute Gasteiger partial charge is 0.0765 e. The van der Waals surface area contributed by atoms with Crippen molar-refractivity contribution in [2.24, 2.45) is 0 Å². The lowest BCUT2D eigenvalue weighted by Crippen LogP contribution is -2.41. The molecular formula is C15H21NO. The second-order valence-electron chi connectivity index (χ2n) is 4.44. The molecule has 2 atom stereocenters. The van der Waals surface area contributed by atoms with Gasteiger partial charge in [-0.3, -0.25) is 0 Å². The maximum absolute atomic E-state index is 6.00. The monoisotopic (exact) mass is 231 g/mol. The third kappa shape index (κ3) is 3.69. The summed E-state index contributed by atoms with van der Waals surface area (Å²) in [7, 11) is 0. The normalized spacial score (nSPS) is 21.4. The SMILES string of the molecule is CC[C@@H](OCc1ccccc1)[C@@H]1C=CCCN1. The van der Waals surface area contributed by atoms with E-state index >= 15 is 0 Å². The van der Waals surface area contributed by atoms with E-state index < -0.39 is 0 Å². The molecule has 1 N–H and O–H groups in total. The van der Waals surface area contributed by atoms with E-state index in [9.17, 15) is 0 Å². The van der Waals surface area contributed by atoms with Gasteiger partial charge in [0.05, 0.1) is 18.8 Å². The molecule has 1 aromatic carbocycles. The quantitative estimate of drug-likeness (QED) is 0.787. The molecule has 17 heavy (non-hydrogen) atoms. The molecule has 1 heterocycles. The topological polar surface area (TPSA) is 21.3 Å². The molecule has 0 saturated heterocycles. The van der Waals surface area contributed by atoms with E-state index in [-0.39, 0.29) is 6.10 Å². The Bertz CT molecular complexity index is 347. The number of hydrogen-bond donors (Lipinski definition) is 1. The average molecular weight is 231 g/mol. The van der Waals surface area contributed by atoms with Crippen LogP contribution in [-0.4, -0.2) is 18.7 Å². The predicted molar refractivity (Wildman–Crippen MR) is 70.9 cm³/mol. The Morgan fingerprint density at radius 3 is 2.82 bits per heavy atom. The molecule has 0 fully saturated rings. The van der Waals surface area contributed by atoms with E-state index in [0.717, 1.165) is 19.4 Å². The molecule has 0 aromatic heterocycles. The molecule has 0 radical (unpaired) electrons. The average Bonchev–Trinajstić information content (AvgIpc) is 2.42. The third-order valence-electron chi connectivity index (χ3n) is 3.14. The van der Waals surface area contributed by atoms with E-state index in [0.29, 0.717) is 12.6 Å². The molecule has 0 bridgehead atoms. The first-order valence-electron chi connectivity index (χ1n) is 6.45. The largest absolute Gasteiger partial charge is 0.372 e. The summed E-state index contributed by atoms with van der Waals surface area (Å²) >= 11 is 0. The lowest BCUT2D eigenvalue weighted by atomic mass is 10.0. The molecule has 1 aliphatic rings. The summed E-state index contributed by atoms with van der Waals surface area (Å²) in [5, 5.41) is 3.49. The molecule has 1 aliphatic heterocycles. The first-order chi connectivity index (χ1) is 8.40. The van der Waals surface area contributed by atoms with Gasteiger partial charge in [-0.1, -0.05) is 49.4 Å². The Morgan fingerprint density at radius 2 is 2.18 bits per heavy atom. The predicted octanol–water partition coefficient (Wildman–Crippen LogP) is 2.90. The van der Waals surface area contributed by atoms with Crippen LogP contribution in [0.25, 0.3) is 0 Å². The van der Waals surface area contributed by atoms with Gasteiger partial charge in [-0.15, -0.1) is 0 Å². The van der Waals surface area contributed by atoms with Crippen molar-refractivity contribution in [3.05, 3.63) is 48.0 Å². The Kier molecular flexibility index (Phi) is 4.77. The lowest BCUT2D eigenvalue weighted by Gasteiger charge is -2.27. The van der Waals surface area contributed by atoms with Gasteiger partial charge in [0, 0.05) is 0 Å². The molecular weight excluding hydrogens is 210 g/mol. The van der Waals surface area contributed by atoms with Crippen LogP contribution in [0.15, 0.2) is 42.5 Å². The van der Waals surface area contributed by atoms with Gasteiger partial charge < -0.3 is 10.1 Å². The second kappa shape index (κ2) is 6.58. The second-order valence-corrected chi connectivity index (χ2v) is 4.44. The van der Waals surface area contributed by atoms with Crippen LogP contribution in [0.1, 0.15) is 25.3 Å².